The molecule has 2 fully saturated rings. The Balaban J connectivity index is 1.70. The van der Waals surface area contributed by atoms with Gasteiger partial charge in [0.25, 0.3) is 0 Å². The zero-order chi connectivity index (χ0) is 13.2. The molecule has 3 heterocycles. The summed E-state index contributed by atoms with van der Waals surface area (Å²) in [5.74, 6) is 0.674. The van der Waals surface area contributed by atoms with E-state index < -0.39 is 0 Å². The highest BCUT2D eigenvalue weighted by atomic mass is 15.2. The Labute approximate surface area is 113 Å². The van der Waals surface area contributed by atoms with E-state index in [1.807, 2.05) is 0 Å². The first-order chi connectivity index (χ1) is 9.26. The lowest BCUT2D eigenvalue weighted by Gasteiger charge is -2.35. The van der Waals surface area contributed by atoms with E-state index in [1.165, 1.54) is 19.4 Å². The van der Waals surface area contributed by atoms with Gasteiger partial charge in [-0.15, -0.1) is 0 Å². The first-order valence-corrected chi connectivity index (χ1v) is 6.92. The second kappa shape index (κ2) is 5.06. The molecule has 2 aliphatic heterocycles. The number of nitrogen functional groups attached to an aromatic ring is 1. The summed E-state index contributed by atoms with van der Waals surface area (Å²) in [6.45, 7) is 2.40. The molecule has 0 amide bonds. The average molecular weight is 257 g/mol. The molecule has 2 unspecified atom stereocenters. The number of anilines is 2. The molecule has 2 atom stereocenters. The number of pyridine rings is 1. The van der Waals surface area contributed by atoms with Crippen LogP contribution < -0.4 is 11.1 Å². The van der Waals surface area contributed by atoms with E-state index in [2.05, 4.69) is 21.3 Å². The van der Waals surface area contributed by atoms with Gasteiger partial charge in [0.2, 0.25) is 0 Å². The second-order valence-electron chi connectivity index (χ2n) is 5.47. The van der Waals surface area contributed by atoms with E-state index in [4.69, 9.17) is 11.0 Å². The third-order valence-corrected chi connectivity index (χ3v) is 4.19. The van der Waals surface area contributed by atoms with Gasteiger partial charge >= 0.3 is 0 Å². The number of piperidine rings is 1. The Kier molecular flexibility index (Phi) is 3.26. The maximum Gasteiger partial charge on any atom is 0.144 e. The van der Waals surface area contributed by atoms with Gasteiger partial charge in [-0.1, -0.05) is 0 Å². The molecule has 0 aromatic carbocycles. The van der Waals surface area contributed by atoms with Crippen LogP contribution in [0.15, 0.2) is 12.3 Å². The molecule has 100 valence electrons. The number of hydrogen-bond donors (Lipinski definition) is 2. The van der Waals surface area contributed by atoms with Crippen LogP contribution in [-0.4, -0.2) is 35.1 Å². The Morgan fingerprint density at radius 3 is 3.16 bits per heavy atom. The van der Waals surface area contributed by atoms with E-state index >= 15 is 0 Å². The molecular weight excluding hydrogens is 238 g/mol. The van der Waals surface area contributed by atoms with Gasteiger partial charge in [0.15, 0.2) is 0 Å². The number of fused-ring (bicyclic) bond motifs is 1. The molecule has 0 radical (unpaired) electrons. The van der Waals surface area contributed by atoms with E-state index in [0.717, 1.165) is 19.4 Å². The van der Waals surface area contributed by atoms with Crippen LogP contribution >= 0.6 is 0 Å². The van der Waals surface area contributed by atoms with Crippen molar-refractivity contribution in [1.82, 2.24) is 9.88 Å². The largest absolute Gasteiger partial charge is 0.397 e. The molecule has 0 saturated carbocycles. The number of nitrogens with two attached hydrogens (primary N) is 1. The summed E-state index contributed by atoms with van der Waals surface area (Å²) in [5, 5.41) is 12.6. The molecule has 5 heteroatoms. The minimum absolute atomic E-state index is 0.419. The van der Waals surface area contributed by atoms with Crippen molar-refractivity contribution in [2.24, 2.45) is 0 Å². The second-order valence-corrected chi connectivity index (χ2v) is 5.47. The third kappa shape index (κ3) is 2.49. The summed E-state index contributed by atoms with van der Waals surface area (Å²) in [7, 11) is 0. The molecule has 0 aliphatic carbocycles. The van der Waals surface area contributed by atoms with E-state index in [1.54, 1.807) is 12.3 Å². The van der Waals surface area contributed by atoms with Crippen LogP contribution in [0.4, 0.5) is 11.5 Å². The van der Waals surface area contributed by atoms with Gasteiger partial charge in [-0.3, -0.25) is 0 Å². The number of nitrogens with zero attached hydrogens (tertiary/aromatic N) is 3. The molecule has 19 heavy (non-hydrogen) atoms. The molecular formula is C14H19N5. The van der Waals surface area contributed by atoms with Crippen LogP contribution in [-0.2, 0) is 0 Å². The van der Waals surface area contributed by atoms with E-state index in [0.29, 0.717) is 29.2 Å². The van der Waals surface area contributed by atoms with Crippen LogP contribution in [0.5, 0.6) is 0 Å². The fraction of sp³-hybridized carbons (Fsp3) is 0.571. The first-order valence-electron chi connectivity index (χ1n) is 6.92. The summed E-state index contributed by atoms with van der Waals surface area (Å²) >= 11 is 0. The lowest BCUT2D eigenvalue weighted by atomic mass is 9.97. The van der Waals surface area contributed by atoms with Gasteiger partial charge in [0.1, 0.15) is 11.9 Å². The molecule has 3 N–H and O–H groups in total. The zero-order valence-electron chi connectivity index (χ0n) is 11.0. The smallest absolute Gasteiger partial charge is 0.144 e. The van der Waals surface area contributed by atoms with E-state index in [9.17, 15) is 0 Å². The van der Waals surface area contributed by atoms with Crippen LogP contribution in [0.25, 0.3) is 0 Å². The molecule has 3 rings (SSSR count). The van der Waals surface area contributed by atoms with Gasteiger partial charge in [-0.05, 0) is 38.3 Å². The normalized spacial score (nSPS) is 26.7. The average Bonchev–Trinajstić information content (AvgIpc) is 2.88. The van der Waals surface area contributed by atoms with Crippen molar-refractivity contribution in [3.8, 4) is 6.07 Å². The summed E-state index contributed by atoms with van der Waals surface area (Å²) in [6.07, 6.45) is 6.50. The van der Waals surface area contributed by atoms with Crippen molar-refractivity contribution < 1.29 is 0 Å². The fourth-order valence-electron chi connectivity index (χ4n) is 3.23. The Morgan fingerprint density at radius 2 is 2.32 bits per heavy atom. The molecule has 2 aliphatic rings. The van der Waals surface area contributed by atoms with Crippen molar-refractivity contribution in [3.05, 3.63) is 17.8 Å². The van der Waals surface area contributed by atoms with E-state index in [-0.39, 0.29) is 0 Å². The molecule has 0 bridgehead atoms. The quantitative estimate of drug-likeness (QED) is 0.841. The van der Waals surface area contributed by atoms with Crippen molar-refractivity contribution in [2.75, 3.05) is 24.1 Å². The molecule has 1 aromatic rings. The van der Waals surface area contributed by atoms with Gasteiger partial charge < -0.3 is 16.0 Å². The summed E-state index contributed by atoms with van der Waals surface area (Å²) < 4.78 is 0. The van der Waals surface area contributed by atoms with Crippen molar-refractivity contribution >= 4 is 11.5 Å². The predicted octanol–water partition coefficient (Wildman–Crippen LogP) is 1.57. The first kappa shape index (κ1) is 12.2. The predicted molar refractivity (Wildman–Crippen MR) is 74.6 cm³/mol. The highest BCUT2D eigenvalue weighted by molar-refractivity contribution is 5.57. The van der Waals surface area contributed by atoms with Crippen LogP contribution in [0.2, 0.25) is 0 Å². The Bertz CT molecular complexity index is 507. The highest BCUT2D eigenvalue weighted by Gasteiger charge is 2.31. The van der Waals surface area contributed by atoms with Crippen LogP contribution in [0, 0.1) is 11.3 Å². The number of nitrogens with one attached hydrogen (secondary N) is 1. The number of aromatic nitrogens is 1. The molecule has 1 aromatic heterocycles. The topological polar surface area (TPSA) is 78.0 Å². The number of hydrogen-bond acceptors (Lipinski definition) is 5. The van der Waals surface area contributed by atoms with Gasteiger partial charge in [0.05, 0.1) is 17.4 Å². The number of rotatable bonds is 2. The van der Waals surface area contributed by atoms with Crippen molar-refractivity contribution in [3.63, 3.8) is 0 Å². The summed E-state index contributed by atoms with van der Waals surface area (Å²) in [5.41, 5.74) is 6.73. The van der Waals surface area contributed by atoms with Crippen molar-refractivity contribution in [2.45, 2.75) is 37.8 Å². The van der Waals surface area contributed by atoms with Gasteiger partial charge in [-0.2, -0.15) is 5.26 Å². The summed E-state index contributed by atoms with van der Waals surface area (Å²) in [6, 6.07) is 4.97. The molecule has 2 saturated heterocycles. The van der Waals surface area contributed by atoms with Crippen molar-refractivity contribution in [1.29, 1.82) is 5.26 Å². The summed E-state index contributed by atoms with van der Waals surface area (Å²) in [4.78, 5) is 6.84. The molecule has 0 spiro atoms. The minimum Gasteiger partial charge on any atom is -0.397 e. The SMILES string of the molecule is N#Cc1cc(N)cnc1NC1CCN2CCCC2C1. The van der Waals surface area contributed by atoms with Crippen LogP contribution in [0.3, 0.4) is 0 Å². The number of nitriles is 1. The fourth-order valence-corrected chi connectivity index (χ4v) is 3.23. The lowest BCUT2D eigenvalue weighted by Crippen LogP contribution is -2.42. The highest BCUT2D eigenvalue weighted by Crippen LogP contribution is 2.28. The maximum absolute atomic E-state index is 9.13. The zero-order valence-corrected chi connectivity index (χ0v) is 11.0. The third-order valence-electron chi connectivity index (χ3n) is 4.19. The standard InChI is InChI=1S/C14H19N5/c15-8-10-6-11(16)9-17-14(10)18-12-3-5-19-4-1-2-13(19)7-12/h6,9,12-13H,1-5,7,16H2,(H,17,18). The Morgan fingerprint density at radius 1 is 1.42 bits per heavy atom. The van der Waals surface area contributed by atoms with Gasteiger partial charge in [0, 0.05) is 18.6 Å². The lowest BCUT2D eigenvalue weighted by molar-refractivity contribution is 0.188. The Hall–Kier alpha value is -1.80. The van der Waals surface area contributed by atoms with Crippen LogP contribution in [0.1, 0.15) is 31.2 Å². The van der Waals surface area contributed by atoms with Gasteiger partial charge in [-0.25, -0.2) is 4.98 Å². The minimum atomic E-state index is 0.419. The maximum atomic E-state index is 9.13. The monoisotopic (exact) mass is 257 g/mol. The molecule has 5 nitrogen and oxygen atoms in total.